The molecule has 1 saturated heterocycles. The molecular formula is C15H24N6. The van der Waals surface area contributed by atoms with Crippen LogP contribution in [-0.4, -0.2) is 58.8 Å². The molecule has 0 amide bonds. The molecule has 6 nitrogen and oxygen atoms in total. The highest BCUT2D eigenvalue weighted by atomic mass is 15.4. The van der Waals surface area contributed by atoms with E-state index in [9.17, 15) is 0 Å². The van der Waals surface area contributed by atoms with Gasteiger partial charge < -0.3 is 10.6 Å². The van der Waals surface area contributed by atoms with Crippen LogP contribution in [0.3, 0.4) is 0 Å². The van der Waals surface area contributed by atoms with Crippen LogP contribution in [0.15, 0.2) is 18.5 Å². The van der Waals surface area contributed by atoms with E-state index in [1.165, 1.54) is 12.0 Å². The normalized spacial score (nSPS) is 16.8. The first-order chi connectivity index (χ1) is 10.3. The van der Waals surface area contributed by atoms with Crippen molar-refractivity contribution in [2.45, 2.75) is 19.8 Å². The number of hydrogen-bond acceptors (Lipinski definition) is 5. The molecule has 0 unspecified atom stereocenters. The summed E-state index contributed by atoms with van der Waals surface area (Å²) in [7, 11) is 0. The van der Waals surface area contributed by atoms with Crippen molar-refractivity contribution < 1.29 is 0 Å². The zero-order valence-electron chi connectivity index (χ0n) is 12.7. The van der Waals surface area contributed by atoms with E-state index in [1.54, 1.807) is 6.33 Å². The van der Waals surface area contributed by atoms with E-state index in [4.69, 9.17) is 5.73 Å². The Kier molecular flexibility index (Phi) is 4.36. The highest BCUT2D eigenvalue weighted by molar-refractivity contribution is 5.53. The third kappa shape index (κ3) is 3.16. The first-order valence-corrected chi connectivity index (χ1v) is 7.75. The summed E-state index contributed by atoms with van der Waals surface area (Å²) in [6.07, 6.45) is 3.95. The van der Waals surface area contributed by atoms with Crippen molar-refractivity contribution in [3.05, 3.63) is 24.0 Å². The zero-order chi connectivity index (χ0) is 14.7. The van der Waals surface area contributed by atoms with Gasteiger partial charge in [0.1, 0.15) is 12.1 Å². The molecule has 0 aromatic carbocycles. The summed E-state index contributed by atoms with van der Waals surface area (Å²) in [5, 5.41) is 4.35. The van der Waals surface area contributed by atoms with Crippen molar-refractivity contribution in [3.63, 3.8) is 0 Å². The Hall–Kier alpha value is -1.66. The Labute approximate surface area is 125 Å². The molecular weight excluding hydrogens is 264 g/mol. The van der Waals surface area contributed by atoms with Crippen molar-refractivity contribution in [2.75, 3.05) is 44.2 Å². The molecule has 2 aromatic rings. The third-order valence-corrected chi connectivity index (χ3v) is 4.13. The second-order valence-corrected chi connectivity index (χ2v) is 5.75. The van der Waals surface area contributed by atoms with Gasteiger partial charge in [-0.15, -0.1) is 0 Å². The second kappa shape index (κ2) is 6.41. The number of aryl methyl sites for hydroxylation is 1. The number of unbranched alkanes of at least 4 members (excludes halogenated alkanes) is 1. The van der Waals surface area contributed by atoms with Crippen molar-refractivity contribution in [1.29, 1.82) is 0 Å². The topological polar surface area (TPSA) is 62.7 Å². The molecule has 0 radical (unpaired) electrons. The highest BCUT2D eigenvalue weighted by Gasteiger charge is 2.19. The van der Waals surface area contributed by atoms with Gasteiger partial charge in [0.15, 0.2) is 5.65 Å². The highest BCUT2D eigenvalue weighted by Crippen LogP contribution is 2.19. The fourth-order valence-corrected chi connectivity index (χ4v) is 2.94. The number of hydrogen-bond donors (Lipinski definition) is 1. The average molecular weight is 288 g/mol. The molecule has 6 heteroatoms. The Morgan fingerprint density at radius 1 is 1.14 bits per heavy atom. The van der Waals surface area contributed by atoms with Crippen molar-refractivity contribution in [2.24, 2.45) is 5.73 Å². The number of piperazine rings is 1. The molecule has 0 aliphatic carbocycles. The van der Waals surface area contributed by atoms with Crippen LogP contribution >= 0.6 is 0 Å². The lowest BCUT2D eigenvalue weighted by Gasteiger charge is -2.36. The molecule has 0 atom stereocenters. The Morgan fingerprint density at radius 2 is 1.95 bits per heavy atom. The molecule has 3 rings (SSSR count). The predicted molar refractivity (Wildman–Crippen MR) is 84.7 cm³/mol. The van der Waals surface area contributed by atoms with E-state index in [2.05, 4.69) is 38.9 Å². The first-order valence-electron chi connectivity index (χ1n) is 7.75. The summed E-state index contributed by atoms with van der Waals surface area (Å²) >= 11 is 0. The van der Waals surface area contributed by atoms with Gasteiger partial charge in [-0.2, -0.15) is 9.61 Å². The Morgan fingerprint density at radius 3 is 2.71 bits per heavy atom. The number of anilines is 1. The lowest BCUT2D eigenvalue weighted by atomic mass is 10.2. The first kappa shape index (κ1) is 14.3. The van der Waals surface area contributed by atoms with Crippen LogP contribution in [0.1, 0.15) is 18.4 Å². The van der Waals surface area contributed by atoms with Crippen LogP contribution < -0.4 is 10.6 Å². The van der Waals surface area contributed by atoms with Crippen LogP contribution in [0.25, 0.3) is 5.65 Å². The van der Waals surface area contributed by atoms with Crippen LogP contribution in [-0.2, 0) is 0 Å². The Balaban J connectivity index is 1.67. The van der Waals surface area contributed by atoms with Gasteiger partial charge in [-0.05, 0) is 50.6 Å². The van der Waals surface area contributed by atoms with Gasteiger partial charge in [-0.25, -0.2) is 4.98 Å². The van der Waals surface area contributed by atoms with Crippen molar-refractivity contribution in [3.8, 4) is 0 Å². The molecule has 2 aromatic heterocycles. The van der Waals surface area contributed by atoms with Gasteiger partial charge in [-0.3, -0.25) is 4.90 Å². The maximum Gasteiger partial charge on any atom is 0.157 e. The smallest absolute Gasteiger partial charge is 0.157 e. The summed E-state index contributed by atoms with van der Waals surface area (Å²) in [4.78, 5) is 9.24. The maximum absolute atomic E-state index is 5.56. The van der Waals surface area contributed by atoms with Crippen molar-refractivity contribution in [1.82, 2.24) is 19.5 Å². The van der Waals surface area contributed by atoms with Gasteiger partial charge in [0.25, 0.3) is 0 Å². The van der Waals surface area contributed by atoms with Crippen LogP contribution in [0.5, 0.6) is 0 Å². The van der Waals surface area contributed by atoms with Crippen LogP contribution in [0.4, 0.5) is 5.82 Å². The van der Waals surface area contributed by atoms with E-state index < -0.39 is 0 Å². The van der Waals surface area contributed by atoms with Crippen molar-refractivity contribution >= 4 is 11.5 Å². The zero-order valence-corrected chi connectivity index (χ0v) is 12.7. The largest absolute Gasteiger partial charge is 0.354 e. The fourth-order valence-electron chi connectivity index (χ4n) is 2.94. The van der Waals surface area contributed by atoms with E-state index in [-0.39, 0.29) is 0 Å². The number of pyridine rings is 1. The molecule has 1 fully saturated rings. The molecule has 1 aliphatic rings. The predicted octanol–water partition coefficient (Wildman–Crippen LogP) is 0.899. The number of fused-ring (bicyclic) bond motifs is 1. The summed E-state index contributed by atoms with van der Waals surface area (Å²) in [5.41, 5.74) is 7.72. The summed E-state index contributed by atoms with van der Waals surface area (Å²) in [5.74, 6) is 1.16. The molecule has 3 heterocycles. The monoisotopic (exact) mass is 288 g/mol. The van der Waals surface area contributed by atoms with Gasteiger partial charge >= 0.3 is 0 Å². The summed E-state index contributed by atoms with van der Waals surface area (Å²) in [6.45, 7) is 8.37. The van der Waals surface area contributed by atoms with E-state index in [1.807, 2.05) is 4.52 Å². The number of rotatable bonds is 5. The van der Waals surface area contributed by atoms with Crippen LogP contribution in [0.2, 0.25) is 0 Å². The minimum atomic E-state index is 0.799. The third-order valence-electron chi connectivity index (χ3n) is 4.13. The Bertz CT molecular complexity index is 585. The van der Waals surface area contributed by atoms with E-state index in [0.29, 0.717) is 0 Å². The molecule has 114 valence electrons. The van der Waals surface area contributed by atoms with Gasteiger partial charge in [0.2, 0.25) is 0 Å². The SMILES string of the molecule is Cc1cc(N2CCN(CCCCN)CC2)n2ncnc2c1. The molecule has 21 heavy (non-hydrogen) atoms. The fraction of sp³-hybridized carbons (Fsp3) is 0.600. The van der Waals surface area contributed by atoms with Gasteiger partial charge in [-0.1, -0.05) is 0 Å². The minimum absolute atomic E-state index is 0.799. The second-order valence-electron chi connectivity index (χ2n) is 5.75. The molecule has 1 aliphatic heterocycles. The quantitative estimate of drug-likeness (QED) is 0.828. The van der Waals surface area contributed by atoms with E-state index in [0.717, 1.165) is 57.2 Å². The lowest BCUT2D eigenvalue weighted by Crippen LogP contribution is -2.47. The number of nitrogens with zero attached hydrogens (tertiary/aromatic N) is 5. The average Bonchev–Trinajstić information content (AvgIpc) is 2.95. The standard InChI is InChI=1S/C15H24N6/c1-13-10-14-17-12-18-21(14)15(11-13)20-8-6-19(7-9-20)5-3-2-4-16/h10-12H,2-9,16H2,1H3. The van der Waals surface area contributed by atoms with Gasteiger partial charge in [0, 0.05) is 26.2 Å². The maximum atomic E-state index is 5.56. The summed E-state index contributed by atoms with van der Waals surface area (Å²) in [6, 6.07) is 4.27. The molecule has 0 bridgehead atoms. The lowest BCUT2D eigenvalue weighted by molar-refractivity contribution is 0.252. The number of nitrogens with two attached hydrogens (primary N) is 1. The summed E-state index contributed by atoms with van der Waals surface area (Å²) < 4.78 is 1.94. The number of aromatic nitrogens is 3. The molecule has 2 N–H and O–H groups in total. The van der Waals surface area contributed by atoms with Crippen LogP contribution in [0, 0.1) is 6.92 Å². The molecule has 0 spiro atoms. The van der Waals surface area contributed by atoms with E-state index >= 15 is 0 Å². The van der Waals surface area contributed by atoms with Gasteiger partial charge in [0.05, 0.1) is 0 Å². The minimum Gasteiger partial charge on any atom is -0.354 e. The molecule has 0 saturated carbocycles.